The average molecular weight is 459 g/mol. The van der Waals surface area contributed by atoms with E-state index in [-0.39, 0.29) is 10.7 Å². The summed E-state index contributed by atoms with van der Waals surface area (Å²) < 4.78 is 17.3. The van der Waals surface area contributed by atoms with Gasteiger partial charge in [0.1, 0.15) is 0 Å². The number of esters is 1. The van der Waals surface area contributed by atoms with E-state index in [1.165, 1.54) is 27.2 Å². The first-order valence-electron chi connectivity index (χ1n) is 9.67. The highest BCUT2D eigenvalue weighted by Crippen LogP contribution is 2.29. The Morgan fingerprint density at radius 3 is 2.41 bits per heavy atom. The van der Waals surface area contributed by atoms with Crippen LogP contribution in [-0.2, 0) is 9.53 Å². The molecule has 0 saturated heterocycles. The molecule has 1 unspecified atom stereocenters. The Balaban J connectivity index is 1.73. The van der Waals surface area contributed by atoms with Crippen molar-refractivity contribution in [3.05, 3.63) is 58.5 Å². The molecule has 32 heavy (non-hydrogen) atoms. The second kappa shape index (κ2) is 9.69. The zero-order chi connectivity index (χ0) is 23.4. The van der Waals surface area contributed by atoms with Crippen LogP contribution in [0.15, 0.2) is 36.4 Å². The molecule has 0 aliphatic heterocycles. The van der Waals surface area contributed by atoms with Crippen molar-refractivity contribution in [2.75, 3.05) is 19.5 Å². The van der Waals surface area contributed by atoms with E-state index < -0.39 is 18.0 Å². The number of nitrogens with zero attached hydrogens (tertiary/aromatic N) is 3. The highest BCUT2D eigenvalue weighted by molar-refractivity contribution is 6.33. The molecule has 1 atom stereocenters. The molecule has 1 amide bonds. The molecular formula is C22H23ClN4O5. The number of carbonyl (C=O) groups is 2. The fraction of sp³-hybridized carbons (Fsp3) is 0.273. The molecule has 0 aliphatic carbocycles. The first-order valence-corrected chi connectivity index (χ1v) is 10.0. The first kappa shape index (κ1) is 23.1. The highest BCUT2D eigenvalue weighted by Gasteiger charge is 2.23. The molecule has 0 spiro atoms. The van der Waals surface area contributed by atoms with Crippen LogP contribution in [0.5, 0.6) is 11.5 Å². The van der Waals surface area contributed by atoms with Gasteiger partial charge < -0.3 is 19.5 Å². The summed E-state index contributed by atoms with van der Waals surface area (Å²) in [6.07, 6.45) is -1.11. The van der Waals surface area contributed by atoms with Gasteiger partial charge in [0.05, 0.1) is 24.9 Å². The normalized spacial score (nSPS) is 11.6. The van der Waals surface area contributed by atoms with E-state index in [1.54, 1.807) is 28.9 Å². The molecule has 0 fully saturated rings. The van der Waals surface area contributed by atoms with Crippen molar-refractivity contribution >= 4 is 29.2 Å². The summed E-state index contributed by atoms with van der Waals surface area (Å²) in [5.74, 6) is 0.0270. The summed E-state index contributed by atoms with van der Waals surface area (Å²) in [5, 5.41) is 7.12. The zero-order valence-electron chi connectivity index (χ0n) is 18.3. The maximum atomic E-state index is 12.7. The Hall–Kier alpha value is -3.59. The fourth-order valence-electron chi connectivity index (χ4n) is 2.98. The third kappa shape index (κ3) is 5.00. The van der Waals surface area contributed by atoms with Gasteiger partial charge in [-0.15, -0.1) is 0 Å². The number of anilines is 1. The molecule has 3 rings (SSSR count). The minimum Gasteiger partial charge on any atom is -0.493 e. The number of ether oxygens (including phenoxy) is 3. The number of rotatable bonds is 7. The van der Waals surface area contributed by atoms with Crippen LogP contribution in [0.2, 0.25) is 5.02 Å². The number of amides is 1. The van der Waals surface area contributed by atoms with E-state index >= 15 is 0 Å². The number of pyridine rings is 1. The Labute approximate surface area is 190 Å². The van der Waals surface area contributed by atoms with E-state index in [1.807, 2.05) is 19.9 Å². The van der Waals surface area contributed by atoms with Crippen molar-refractivity contribution in [3.8, 4) is 17.3 Å². The lowest BCUT2D eigenvalue weighted by molar-refractivity contribution is -0.123. The standard InChI is InChI=1S/C22H23ClN4O5/c1-12-10-13(2)27(26-12)19-9-7-16(23)20(25-19)22(29)32-14(3)21(28)24-15-6-8-17(30-4)18(11-15)31-5/h6-11,14H,1-5H3,(H,24,28). The van der Waals surface area contributed by atoms with E-state index in [0.29, 0.717) is 23.0 Å². The molecule has 10 heteroatoms. The minimum absolute atomic E-state index is 0.104. The third-order valence-corrected chi connectivity index (χ3v) is 4.86. The van der Waals surface area contributed by atoms with Gasteiger partial charge in [-0.1, -0.05) is 11.6 Å². The van der Waals surface area contributed by atoms with Gasteiger partial charge in [-0.05, 0) is 51.1 Å². The van der Waals surface area contributed by atoms with Crippen molar-refractivity contribution in [2.24, 2.45) is 0 Å². The van der Waals surface area contributed by atoms with Gasteiger partial charge >= 0.3 is 5.97 Å². The maximum absolute atomic E-state index is 12.7. The molecule has 0 saturated carbocycles. The monoisotopic (exact) mass is 458 g/mol. The van der Waals surface area contributed by atoms with Crippen LogP contribution in [-0.4, -0.2) is 47.0 Å². The molecule has 3 aromatic rings. The molecule has 1 aromatic carbocycles. The number of hydrogen-bond acceptors (Lipinski definition) is 7. The highest BCUT2D eigenvalue weighted by atomic mass is 35.5. The number of benzene rings is 1. The SMILES string of the molecule is COc1ccc(NC(=O)C(C)OC(=O)c2nc(-n3nc(C)cc3C)ccc2Cl)cc1OC. The van der Waals surface area contributed by atoms with Crippen LogP contribution in [0.25, 0.3) is 5.82 Å². The van der Waals surface area contributed by atoms with Gasteiger partial charge in [0.25, 0.3) is 5.91 Å². The maximum Gasteiger partial charge on any atom is 0.359 e. The van der Waals surface area contributed by atoms with Gasteiger partial charge in [0.2, 0.25) is 0 Å². The van der Waals surface area contributed by atoms with Crippen molar-refractivity contribution in [1.82, 2.24) is 14.8 Å². The summed E-state index contributed by atoms with van der Waals surface area (Å²) >= 11 is 6.16. The van der Waals surface area contributed by atoms with Gasteiger partial charge in [0.15, 0.2) is 29.1 Å². The van der Waals surface area contributed by atoms with Crippen molar-refractivity contribution in [2.45, 2.75) is 26.9 Å². The van der Waals surface area contributed by atoms with Gasteiger partial charge in [0, 0.05) is 17.4 Å². The van der Waals surface area contributed by atoms with Crippen molar-refractivity contribution in [3.63, 3.8) is 0 Å². The quantitative estimate of drug-likeness (QED) is 0.537. The van der Waals surface area contributed by atoms with Gasteiger partial charge in [-0.2, -0.15) is 5.10 Å². The van der Waals surface area contributed by atoms with Gasteiger partial charge in [-0.3, -0.25) is 4.79 Å². The minimum atomic E-state index is -1.11. The molecular weight excluding hydrogens is 436 g/mol. The Morgan fingerprint density at radius 1 is 1.06 bits per heavy atom. The lowest BCUT2D eigenvalue weighted by Gasteiger charge is -2.15. The van der Waals surface area contributed by atoms with Crippen LogP contribution < -0.4 is 14.8 Å². The third-order valence-electron chi connectivity index (χ3n) is 4.56. The Kier molecular flexibility index (Phi) is 6.99. The molecule has 0 radical (unpaired) electrons. The lowest BCUT2D eigenvalue weighted by Crippen LogP contribution is -2.30. The average Bonchev–Trinajstić information content (AvgIpc) is 3.11. The number of methoxy groups -OCH3 is 2. The number of aromatic nitrogens is 3. The second-order valence-corrected chi connectivity index (χ2v) is 7.35. The van der Waals surface area contributed by atoms with Crippen LogP contribution in [0.4, 0.5) is 5.69 Å². The van der Waals surface area contributed by atoms with Crippen LogP contribution >= 0.6 is 11.6 Å². The fourth-order valence-corrected chi connectivity index (χ4v) is 3.16. The summed E-state index contributed by atoms with van der Waals surface area (Å²) in [4.78, 5) is 29.5. The van der Waals surface area contributed by atoms with Crippen molar-refractivity contribution in [1.29, 1.82) is 0 Å². The largest absolute Gasteiger partial charge is 0.493 e. The van der Waals surface area contributed by atoms with E-state index in [2.05, 4.69) is 15.4 Å². The molecule has 1 N–H and O–H groups in total. The number of nitrogens with one attached hydrogen (secondary N) is 1. The summed E-state index contributed by atoms with van der Waals surface area (Å²) in [7, 11) is 3.01. The molecule has 2 heterocycles. The number of halogens is 1. The number of aryl methyl sites for hydroxylation is 2. The molecule has 2 aromatic heterocycles. The topological polar surface area (TPSA) is 105 Å². The Morgan fingerprint density at radius 2 is 1.78 bits per heavy atom. The lowest BCUT2D eigenvalue weighted by atomic mass is 10.2. The number of hydrogen-bond donors (Lipinski definition) is 1. The van der Waals surface area contributed by atoms with Crippen molar-refractivity contribution < 1.29 is 23.8 Å². The zero-order valence-corrected chi connectivity index (χ0v) is 19.1. The van der Waals surface area contributed by atoms with Crippen LogP contribution in [0, 0.1) is 13.8 Å². The smallest absolute Gasteiger partial charge is 0.359 e. The first-order chi connectivity index (χ1) is 15.2. The molecule has 0 aliphatic rings. The predicted molar refractivity (Wildman–Crippen MR) is 119 cm³/mol. The van der Waals surface area contributed by atoms with E-state index in [9.17, 15) is 9.59 Å². The molecule has 0 bridgehead atoms. The van der Waals surface area contributed by atoms with Gasteiger partial charge in [-0.25, -0.2) is 14.5 Å². The second-order valence-electron chi connectivity index (χ2n) is 6.95. The summed E-state index contributed by atoms with van der Waals surface area (Å²) in [6, 6.07) is 9.96. The molecule has 9 nitrogen and oxygen atoms in total. The summed E-state index contributed by atoms with van der Waals surface area (Å²) in [5.41, 5.74) is 2.00. The van der Waals surface area contributed by atoms with E-state index in [4.69, 9.17) is 25.8 Å². The summed E-state index contributed by atoms with van der Waals surface area (Å²) in [6.45, 7) is 5.18. The Bertz CT molecular complexity index is 1160. The van der Waals surface area contributed by atoms with E-state index in [0.717, 1.165) is 11.4 Å². The van der Waals surface area contributed by atoms with Crippen LogP contribution in [0.1, 0.15) is 28.8 Å². The number of carbonyl (C=O) groups excluding carboxylic acids is 2. The molecule has 168 valence electrons. The van der Waals surface area contributed by atoms with Crippen LogP contribution in [0.3, 0.4) is 0 Å². The predicted octanol–water partition coefficient (Wildman–Crippen LogP) is 3.74.